The van der Waals surface area contributed by atoms with Gasteiger partial charge < -0.3 is 4.74 Å². The normalized spacial score (nSPS) is 16.2. The van der Waals surface area contributed by atoms with Gasteiger partial charge >= 0.3 is 0 Å². The van der Waals surface area contributed by atoms with Gasteiger partial charge in [-0.3, -0.25) is 0 Å². The monoisotopic (exact) mass is 389 g/mol. The summed E-state index contributed by atoms with van der Waals surface area (Å²) < 4.78 is 11.4. The van der Waals surface area contributed by atoms with Crippen LogP contribution >= 0.6 is 27.5 Å². The molecule has 3 nitrogen and oxygen atoms in total. The Hall–Kier alpha value is -1.78. The van der Waals surface area contributed by atoms with E-state index in [4.69, 9.17) is 16.3 Å². The van der Waals surface area contributed by atoms with Gasteiger partial charge in [-0.1, -0.05) is 45.7 Å². The third-order valence-electron chi connectivity index (χ3n) is 4.04. The Kier molecular flexibility index (Phi) is 3.87. The third kappa shape index (κ3) is 3.01. The molecule has 0 saturated carbocycles. The molecule has 1 aliphatic rings. The highest BCUT2D eigenvalue weighted by atomic mass is 79.9. The maximum absolute atomic E-state index is 6.06. The molecule has 0 fully saturated rings. The van der Waals surface area contributed by atoms with Crippen LogP contribution in [0.1, 0.15) is 17.4 Å². The van der Waals surface area contributed by atoms with Gasteiger partial charge in [0.05, 0.1) is 6.42 Å². The summed E-state index contributed by atoms with van der Waals surface area (Å²) in [6.45, 7) is 0.819. The number of rotatable bonds is 3. The molecule has 116 valence electrons. The van der Waals surface area contributed by atoms with Gasteiger partial charge in [-0.25, -0.2) is 4.57 Å². The van der Waals surface area contributed by atoms with Crippen LogP contribution < -0.4 is 9.30 Å². The van der Waals surface area contributed by atoms with Gasteiger partial charge in [-0.05, 0) is 24.3 Å². The van der Waals surface area contributed by atoms with Crippen LogP contribution in [0.2, 0.25) is 5.02 Å². The Morgan fingerprint density at radius 1 is 1.26 bits per heavy atom. The van der Waals surface area contributed by atoms with Crippen molar-refractivity contribution in [2.24, 2.45) is 0 Å². The molecular formula is C18H15BrClN2O+. The van der Waals surface area contributed by atoms with Crippen molar-refractivity contribution in [3.8, 4) is 5.75 Å². The number of halogens is 2. The van der Waals surface area contributed by atoms with E-state index in [0.29, 0.717) is 0 Å². The molecule has 1 unspecified atom stereocenters. The first-order chi connectivity index (χ1) is 11.2. The van der Waals surface area contributed by atoms with Gasteiger partial charge in [0.2, 0.25) is 12.6 Å². The van der Waals surface area contributed by atoms with Crippen LogP contribution in [-0.2, 0) is 13.0 Å². The lowest BCUT2D eigenvalue weighted by molar-refractivity contribution is -0.688. The lowest BCUT2D eigenvalue weighted by Gasteiger charge is -2.06. The van der Waals surface area contributed by atoms with Gasteiger partial charge in [0.1, 0.15) is 24.7 Å². The van der Waals surface area contributed by atoms with Crippen molar-refractivity contribution in [2.45, 2.75) is 19.2 Å². The zero-order valence-electron chi connectivity index (χ0n) is 12.3. The fourth-order valence-corrected chi connectivity index (χ4v) is 3.47. The number of nitrogens with zero attached hydrogens (tertiary/aromatic N) is 2. The smallest absolute Gasteiger partial charge is 0.247 e. The van der Waals surface area contributed by atoms with E-state index in [0.717, 1.165) is 33.8 Å². The number of aromatic nitrogens is 2. The zero-order valence-corrected chi connectivity index (χ0v) is 14.7. The molecule has 0 aliphatic carbocycles. The summed E-state index contributed by atoms with van der Waals surface area (Å²) in [5.74, 6) is 0.922. The second-order valence-electron chi connectivity index (χ2n) is 5.65. The van der Waals surface area contributed by atoms with Crippen LogP contribution in [0.4, 0.5) is 0 Å². The summed E-state index contributed by atoms with van der Waals surface area (Å²) in [5, 5.41) is 0.754. The maximum Gasteiger partial charge on any atom is 0.247 e. The minimum absolute atomic E-state index is 0.0102. The number of fused-ring (bicyclic) bond motifs is 1. The van der Waals surface area contributed by atoms with Crippen molar-refractivity contribution < 1.29 is 9.30 Å². The summed E-state index contributed by atoms with van der Waals surface area (Å²) >= 11 is 9.65. The summed E-state index contributed by atoms with van der Waals surface area (Å²) in [5.41, 5.74) is 2.41. The largest absolute Gasteiger partial charge is 0.451 e. The minimum Gasteiger partial charge on any atom is -0.451 e. The van der Waals surface area contributed by atoms with Gasteiger partial charge in [0.25, 0.3) is 0 Å². The van der Waals surface area contributed by atoms with Crippen molar-refractivity contribution in [2.75, 3.05) is 0 Å². The molecule has 4 rings (SSSR count). The van der Waals surface area contributed by atoms with E-state index in [1.54, 1.807) is 0 Å². The van der Waals surface area contributed by atoms with Crippen LogP contribution in [0.25, 0.3) is 0 Å². The summed E-state index contributed by atoms with van der Waals surface area (Å²) in [7, 11) is 0. The highest BCUT2D eigenvalue weighted by Gasteiger charge is 2.28. The standard InChI is InChI=1S/C18H15BrClN2O/c19-16-4-2-1-3-13(16)11-21-7-8-22(12-21)18-10-14-9-15(20)5-6-17(14)23-18/h1-9,12,18H,10-11H2/q+1. The Morgan fingerprint density at radius 2 is 2.13 bits per heavy atom. The molecule has 0 radical (unpaired) electrons. The second-order valence-corrected chi connectivity index (χ2v) is 6.94. The molecule has 2 aromatic carbocycles. The summed E-state index contributed by atoms with van der Waals surface area (Å²) in [4.78, 5) is 0. The first-order valence-corrected chi connectivity index (χ1v) is 8.61. The lowest BCUT2D eigenvalue weighted by Crippen LogP contribution is -2.32. The van der Waals surface area contributed by atoms with Crippen LogP contribution in [0.3, 0.4) is 0 Å². The molecule has 2 heterocycles. The number of imidazole rings is 1. The fraction of sp³-hybridized carbons (Fsp3) is 0.167. The zero-order chi connectivity index (χ0) is 15.8. The topological polar surface area (TPSA) is 18.0 Å². The fourth-order valence-electron chi connectivity index (χ4n) is 2.86. The quantitative estimate of drug-likeness (QED) is 0.607. The summed E-state index contributed by atoms with van der Waals surface area (Å²) in [6.07, 6.45) is 7.02. The molecule has 0 spiro atoms. The SMILES string of the molecule is Clc1ccc2c(c1)CC(n1cc[n+](Cc3ccccc3Br)c1)O2. The average molecular weight is 391 g/mol. The molecular weight excluding hydrogens is 376 g/mol. The van der Waals surface area contributed by atoms with E-state index in [-0.39, 0.29) is 6.23 Å². The molecule has 0 N–H and O–H groups in total. The number of hydrogen-bond acceptors (Lipinski definition) is 1. The molecule has 0 amide bonds. The maximum atomic E-state index is 6.06. The van der Waals surface area contributed by atoms with E-state index in [1.165, 1.54) is 5.56 Å². The van der Waals surface area contributed by atoms with Gasteiger partial charge in [0, 0.05) is 20.6 Å². The molecule has 3 aromatic rings. The molecule has 1 aromatic heterocycles. The Bertz CT molecular complexity index is 862. The predicted molar refractivity (Wildman–Crippen MR) is 92.7 cm³/mol. The van der Waals surface area contributed by atoms with Crippen LogP contribution in [0.15, 0.2) is 65.7 Å². The average Bonchev–Trinajstić information content (AvgIpc) is 3.15. The van der Waals surface area contributed by atoms with E-state index < -0.39 is 0 Å². The van der Waals surface area contributed by atoms with Gasteiger partial charge in [-0.15, -0.1) is 0 Å². The first-order valence-electron chi connectivity index (χ1n) is 7.44. The highest BCUT2D eigenvalue weighted by molar-refractivity contribution is 9.10. The predicted octanol–water partition coefficient (Wildman–Crippen LogP) is 4.37. The molecule has 1 aliphatic heterocycles. The Labute approximate surface area is 148 Å². The number of benzene rings is 2. The van der Waals surface area contributed by atoms with Crippen LogP contribution in [0, 0.1) is 0 Å². The van der Waals surface area contributed by atoms with Crippen LogP contribution in [-0.4, -0.2) is 4.57 Å². The molecule has 23 heavy (non-hydrogen) atoms. The minimum atomic E-state index is -0.0102. The number of ether oxygens (including phenoxy) is 1. The molecule has 1 atom stereocenters. The van der Waals surface area contributed by atoms with Gasteiger partial charge in [-0.2, -0.15) is 4.57 Å². The summed E-state index contributed by atoms with van der Waals surface area (Å²) in [6, 6.07) is 14.1. The van der Waals surface area contributed by atoms with Crippen molar-refractivity contribution >= 4 is 27.5 Å². The van der Waals surface area contributed by atoms with Crippen molar-refractivity contribution in [3.05, 3.63) is 81.8 Å². The van der Waals surface area contributed by atoms with Gasteiger partial charge in [0.15, 0.2) is 0 Å². The van der Waals surface area contributed by atoms with Crippen molar-refractivity contribution in [3.63, 3.8) is 0 Å². The lowest BCUT2D eigenvalue weighted by atomic mass is 10.1. The second kappa shape index (κ2) is 6.02. The highest BCUT2D eigenvalue weighted by Crippen LogP contribution is 2.35. The van der Waals surface area contributed by atoms with E-state index in [1.807, 2.05) is 24.3 Å². The van der Waals surface area contributed by atoms with Crippen molar-refractivity contribution in [1.29, 1.82) is 0 Å². The van der Waals surface area contributed by atoms with E-state index in [2.05, 4.69) is 62.0 Å². The van der Waals surface area contributed by atoms with E-state index >= 15 is 0 Å². The van der Waals surface area contributed by atoms with Crippen molar-refractivity contribution in [1.82, 2.24) is 4.57 Å². The first kappa shape index (κ1) is 14.8. The number of hydrogen-bond donors (Lipinski definition) is 0. The molecule has 5 heteroatoms. The van der Waals surface area contributed by atoms with Crippen LogP contribution in [0.5, 0.6) is 5.75 Å². The molecule has 0 bridgehead atoms. The van der Waals surface area contributed by atoms with E-state index in [9.17, 15) is 0 Å². The Morgan fingerprint density at radius 3 is 3.00 bits per heavy atom. The Balaban J connectivity index is 1.52. The molecule has 0 saturated heterocycles. The third-order valence-corrected chi connectivity index (χ3v) is 5.04.